The van der Waals surface area contributed by atoms with E-state index in [1.807, 2.05) is 0 Å². The molecule has 1 fully saturated rings. The molecule has 1 saturated heterocycles. The molecule has 2 unspecified atom stereocenters. The zero-order valence-electron chi connectivity index (χ0n) is 12.4. The van der Waals surface area contributed by atoms with Crippen molar-refractivity contribution in [1.29, 1.82) is 0 Å². The Morgan fingerprint density at radius 3 is 2.35 bits per heavy atom. The summed E-state index contributed by atoms with van der Waals surface area (Å²) in [4.78, 5) is 0.276. The second-order valence-electron chi connectivity index (χ2n) is 5.64. The first-order chi connectivity index (χ1) is 11.0. The molecule has 1 aliphatic heterocycles. The van der Waals surface area contributed by atoms with Gasteiger partial charge in [0.05, 0.1) is 4.90 Å². The van der Waals surface area contributed by atoms with Gasteiger partial charge in [-0.15, -0.1) is 11.6 Å². The van der Waals surface area contributed by atoms with Gasteiger partial charge in [-0.25, -0.2) is 12.8 Å². The number of hydrogen-bond donors (Lipinski definition) is 1. The van der Waals surface area contributed by atoms with E-state index in [0.29, 0.717) is 18.8 Å². The van der Waals surface area contributed by atoms with Crippen LogP contribution in [0.4, 0.5) is 4.39 Å². The van der Waals surface area contributed by atoms with E-state index in [9.17, 15) is 12.8 Å². The van der Waals surface area contributed by atoms with Gasteiger partial charge in [-0.1, -0.05) is 24.3 Å². The Balaban J connectivity index is 1.92. The minimum atomic E-state index is -3.52. The quantitative estimate of drug-likeness (QED) is 0.856. The Labute approximate surface area is 140 Å². The van der Waals surface area contributed by atoms with Gasteiger partial charge in [0.15, 0.2) is 9.84 Å². The highest BCUT2D eigenvalue weighted by Gasteiger charge is 2.38. The third kappa shape index (κ3) is 3.27. The summed E-state index contributed by atoms with van der Waals surface area (Å²) in [6.07, 6.45) is 0.704. The molecule has 2 aromatic rings. The summed E-state index contributed by atoms with van der Waals surface area (Å²) >= 11 is 5.74. The zero-order valence-corrected chi connectivity index (χ0v) is 13.9. The van der Waals surface area contributed by atoms with Gasteiger partial charge in [0.1, 0.15) is 11.2 Å². The molecule has 0 spiro atoms. The Morgan fingerprint density at radius 1 is 1.09 bits per heavy atom. The van der Waals surface area contributed by atoms with Crippen LogP contribution in [-0.2, 0) is 15.7 Å². The third-order valence-electron chi connectivity index (χ3n) is 4.20. The van der Waals surface area contributed by atoms with Gasteiger partial charge in [-0.05, 0) is 48.4 Å². The number of halogens is 2. The molecular weight excluding hydrogens is 337 g/mol. The van der Waals surface area contributed by atoms with Crippen molar-refractivity contribution in [3.8, 4) is 0 Å². The van der Waals surface area contributed by atoms with Crippen molar-refractivity contribution in [1.82, 2.24) is 5.32 Å². The van der Waals surface area contributed by atoms with Crippen molar-refractivity contribution in [3.05, 3.63) is 65.5 Å². The van der Waals surface area contributed by atoms with Crippen LogP contribution in [-0.4, -0.2) is 20.3 Å². The van der Waals surface area contributed by atoms with E-state index in [1.54, 1.807) is 36.4 Å². The maximum absolute atomic E-state index is 13.1. The van der Waals surface area contributed by atoms with Crippen molar-refractivity contribution in [3.63, 3.8) is 0 Å². The number of rotatable bonds is 4. The molecule has 6 heteroatoms. The molecule has 0 radical (unpaired) electrons. The fraction of sp³-hybridized carbons (Fsp3) is 0.294. The van der Waals surface area contributed by atoms with E-state index in [2.05, 4.69) is 5.32 Å². The molecule has 3 rings (SSSR count). The Morgan fingerprint density at radius 2 is 1.74 bits per heavy atom. The van der Waals surface area contributed by atoms with Gasteiger partial charge in [0, 0.05) is 11.8 Å². The largest absolute Gasteiger partial charge is 0.300 e. The second-order valence-corrected chi connectivity index (χ2v) is 7.98. The molecule has 122 valence electrons. The van der Waals surface area contributed by atoms with Crippen molar-refractivity contribution in [2.75, 3.05) is 6.54 Å². The van der Waals surface area contributed by atoms with E-state index in [4.69, 9.17) is 11.6 Å². The molecule has 0 aliphatic carbocycles. The van der Waals surface area contributed by atoms with E-state index >= 15 is 0 Å². The Kier molecular flexibility index (Phi) is 4.71. The summed E-state index contributed by atoms with van der Waals surface area (Å²) < 4.78 is 38.9. The average Bonchev–Trinajstić information content (AvgIpc) is 3.06. The van der Waals surface area contributed by atoms with Gasteiger partial charge in [0.2, 0.25) is 0 Å². The molecule has 23 heavy (non-hydrogen) atoms. The molecule has 1 aliphatic rings. The van der Waals surface area contributed by atoms with Crippen molar-refractivity contribution in [2.24, 2.45) is 0 Å². The SMILES string of the molecule is O=S(=O)(c1ccc(CCl)cc1)C1NCCC1c1ccc(F)cc1. The highest BCUT2D eigenvalue weighted by Crippen LogP contribution is 2.33. The first kappa shape index (κ1) is 16.4. The molecule has 0 amide bonds. The summed E-state index contributed by atoms with van der Waals surface area (Å²) in [5.74, 6) is -0.163. The predicted octanol–water partition coefficient (Wildman–Crippen LogP) is 3.44. The minimum Gasteiger partial charge on any atom is -0.300 e. The molecule has 0 bridgehead atoms. The zero-order chi connectivity index (χ0) is 16.4. The van der Waals surface area contributed by atoms with Gasteiger partial charge in [0.25, 0.3) is 0 Å². The monoisotopic (exact) mass is 353 g/mol. The number of hydrogen-bond acceptors (Lipinski definition) is 3. The number of sulfone groups is 1. The lowest BCUT2D eigenvalue weighted by Gasteiger charge is -2.20. The average molecular weight is 354 g/mol. The van der Waals surface area contributed by atoms with Crippen LogP contribution in [0.15, 0.2) is 53.4 Å². The van der Waals surface area contributed by atoms with Gasteiger partial charge in [-0.2, -0.15) is 0 Å². The highest BCUT2D eigenvalue weighted by molar-refractivity contribution is 7.92. The van der Waals surface area contributed by atoms with E-state index < -0.39 is 15.2 Å². The smallest absolute Gasteiger partial charge is 0.194 e. The molecule has 3 nitrogen and oxygen atoms in total. The number of benzene rings is 2. The lowest BCUT2D eigenvalue weighted by Crippen LogP contribution is -2.34. The van der Waals surface area contributed by atoms with Crippen LogP contribution >= 0.6 is 11.6 Å². The van der Waals surface area contributed by atoms with Crippen molar-refractivity contribution >= 4 is 21.4 Å². The van der Waals surface area contributed by atoms with Gasteiger partial charge < -0.3 is 5.32 Å². The van der Waals surface area contributed by atoms with Crippen LogP contribution in [0.3, 0.4) is 0 Å². The molecule has 2 atom stereocenters. The Hall–Kier alpha value is -1.43. The number of alkyl halides is 1. The Bertz CT molecular complexity index is 775. The summed E-state index contributed by atoms with van der Waals surface area (Å²) in [7, 11) is -3.52. The van der Waals surface area contributed by atoms with Gasteiger partial charge in [-0.3, -0.25) is 0 Å². The summed E-state index contributed by atoms with van der Waals surface area (Å²) in [5.41, 5.74) is 1.71. The molecule has 1 N–H and O–H groups in total. The number of nitrogens with one attached hydrogen (secondary N) is 1. The molecule has 1 heterocycles. The van der Waals surface area contributed by atoms with E-state index in [-0.39, 0.29) is 16.6 Å². The van der Waals surface area contributed by atoms with Crippen molar-refractivity contribution in [2.45, 2.75) is 28.5 Å². The first-order valence-electron chi connectivity index (χ1n) is 7.40. The fourth-order valence-corrected chi connectivity index (χ4v) is 5.02. The van der Waals surface area contributed by atoms with Crippen LogP contribution in [0.1, 0.15) is 23.5 Å². The van der Waals surface area contributed by atoms with Gasteiger partial charge >= 0.3 is 0 Å². The molecule has 2 aromatic carbocycles. The lowest BCUT2D eigenvalue weighted by molar-refractivity contribution is 0.558. The van der Waals surface area contributed by atoms with Crippen LogP contribution < -0.4 is 5.32 Å². The molecule has 0 aromatic heterocycles. The van der Waals surface area contributed by atoms with E-state index in [0.717, 1.165) is 11.1 Å². The van der Waals surface area contributed by atoms with Crippen molar-refractivity contribution < 1.29 is 12.8 Å². The minimum absolute atomic E-state index is 0.187. The topological polar surface area (TPSA) is 46.2 Å². The predicted molar refractivity (Wildman–Crippen MR) is 88.7 cm³/mol. The standard InChI is InChI=1S/C17H17ClFNO2S/c18-11-12-1-7-15(8-2-12)23(21,22)17-16(9-10-20-17)13-3-5-14(19)6-4-13/h1-8,16-17,20H,9-11H2. The lowest BCUT2D eigenvalue weighted by atomic mass is 9.98. The van der Waals surface area contributed by atoms with E-state index in [1.165, 1.54) is 12.1 Å². The first-order valence-corrected chi connectivity index (χ1v) is 9.48. The highest BCUT2D eigenvalue weighted by atomic mass is 35.5. The summed E-state index contributed by atoms with van der Waals surface area (Å²) in [6, 6.07) is 12.7. The van der Waals surface area contributed by atoms with Crippen LogP contribution in [0.2, 0.25) is 0 Å². The second kappa shape index (κ2) is 6.59. The maximum Gasteiger partial charge on any atom is 0.194 e. The third-order valence-corrected chi connectivity index (χ3v) is 6.61. The normalized spacial score (nSPS) is 21.5. The maximum atomic E-state index is 13.1. The summed E-state index contributed by atoms with van der Waals surface area (Å²) in [6.45, 7) is 0.617. The van der Waals surface area contributed by atoms with Crippen LogP contribution in [0.25, 0.3) is 0 Å². The fourth-order valence-electron chi connectivity index (χ4n) is 2.97. The molecular formula is C17H17ClFNO2S. The van der Waals surface area contributed by atoms with Crippen LogP contribution in [0.5, 0.6) is 0 Å². The summed E-state index contributed by atoms with van der Waals surface area (Å²) in [5, 5.41) is 2.38. The van der Waals surface area contributed by atoms with Crippen LogP contribution in [0, 0.1) is 5.82 Å². The molecule has 0 saturated carbocycles.